The van der Waals surface area contributed by atoms with E-state index in [1.165, 1.54) is 0 Å². The Morgan fingerprint density at radius 3 is 2.04 bits per heavy atom. The number of nitrogen functional groups attached to an aromatic ring is 1. The van der Waals surface area contributed by atoms with Crippen molar-refractivity contribution in [3.8, 4) is 0 Å². The van der Waals surface area contributed by atoms with Crippen LogP contribution in [0.25, 0.3) is 0 Å². The van der Waals surface area contributed by atoms with Crippen molar-refractivity contribution in [2.75, 3.05) is 54.2 Å². The lowest BCUT2D eigenvalue weighted by Gasteiger charge is -2.41. The molecular formula is C40H71N7O6. The molecule has 53 heavy (non-hydrogen) atoms. The molecule has 1 aliphatic rings. The number of nitrogens with zero attached hydrogens (tertiary/aromatic N) is 3. The van der Waals surface area contributed by atoms with E-state index in [1.54, 1.807) is 26.2 Å². The molecule has 13 heteroatoms. The molecule has 1 fully saturated rings. The molecule has 1 aliphatic heterocycles. The Morgan fingerprint density at radius 1 is 0.925 bits per heavy atom. The number of amides is 4. The van der Waals surface area contributed by atoms with Crippen LogP contribution >= 0.6 is 0 Å². The molecule has 1 saturated heterocycles. The Balaban J connectivity index is 2.25. The second kappa shape index (κ2) is 21.6. The van der Waals surface area contributed by atoms with E-state index in [4.69, 9.17) is 20.9 Å². The molecule has 302 valence electrons. The van der Waals surface area contributed by atoms with Gasteiger partial charge in [-0.2, -0.15) is 0 Å². The van der Waals surface area contributed by atoms with Crippen molar-refractivity contribution < 1.29 is 28.7 Å². The Bertz CT molecular complexity index is 1300. The normalized spacial score (nSPS) is 19.3. The monoisotopic (exact) mass is 746 g/mol. The minimum atomic E-state index is -0.753. The van der Waals surface area contributed by atoms with E-state index < -0.39 is 30.2 Å². The molecule has 4 amide bonds. The number of carbonyl (C=O) groups excluding carboxylic acids is 4. The molecule has 6 N–H and O–H groups in total. The van der Waals surface area contributed by atoms with Crippen molar-refractivity contribution in [1.82, 2.24) is 25.3 Å². The maximum Gasteiger partial charge on any atom is 0.245 e. The van der Waals surface area contributed by atoms with Crippen LogP contribution in [-0.2, 0) is 35.1 Å². The van der Waals surface area contributed by atoms with E-state index in [0.29, 0.717) is 25.1 Å². The topological polar surface area (TPSA) is 173 Å². The Kier molecular flexibility index (Phi) is 18.7. The molecule has 0 saturated carbocycles. The third-order valence-corrected chi connectivity index (χ3v) is 11.0. The Labute approximate surface area is 319 Å². The highest BCUT2D eigenvalue weighted by atomic mass is 16.5. The van der Waals surface area contributed by atoms with E-state index in [1.807, 2.05) is 89.7 Å². The quantitative estimate of drug-likeness (QED) is 0.138. The van der Waals surface area contributed by atoms with Crippen LogP contribution in [0.5, 0.6) is 0 Å². The first-order valence-electron chi connectivity index (χ1n) is 19.4. The molecule has 0 aliphatic carbocycles. The molecule has 0 radical (unpaired) electrons. The summed E-state index contributed by atoms with van der Waals surface area (Å²) in [5.74, 6) is -1.41. The second-order valence-electron chi connectivity index (χ2n) is 15.9. The molecule has 0 unspecified atom stereocenters. The number of methoxy groups -OCH3 is 2. The summed E-state index contributed by atoms with van der Waals surface area (Å²) >= 11 is 0. The number of rotatable bonds is 21. The number of carbonyl (C=O) groups is 4. The highest BCUT2D eigenvalue weighted by Crippen LogP contribution is 2.30. The van der Waals surface area contributed by atoms with Crippen LogP contribution in [0.1, 0.15) is 79.7 Å². The number of nitrogens with one attached hydrogen (secondary N) is 2. The fourth-order valence-electron chi connectivity index (χ4n) is 7.88. The van der Waals surface area contributed by atoms with Crippen molar-refractivity contribution in [1.29, 1.82) is 0 Å². The second-order valence-corrected chi connectivity index (χ2v) is 15.9. The lowest BCUT2D eigenvalue weighted by molar-refractivity contribution is -0.148. The summed E-state index contributed by atoms with van der Waals surface area (Å²) in [6.45, 7) is 14.5. The van der Waals surface area contributed by atoms with Gasteiger partial charge in [0, 0.05) is 46.1 Å². The average Bonchev–Trinajstić information content (AvgIpc) is 3.59. The predicted molar refractivity (Wildman–Crippen MR) is 211 cm³/mol. The van der Waals surface area contributed by atoms with Gasteiger partial charge in [0.15, 0.2) is 0 Å². The van der Waals surface area contributed by atoms with Crippen molar-refractivity contribution in [2.24, 2.45) is 29.4 Å². The molecular weight excluding hydrogens is 674 g/mol. The number of anilines is 1. The van der Waals surface area contributed by atoms with Crippen LogP contribution in [0.4, 0.5) is 5.69 Å². The van der Waals surface area contributed by atoms with Gasteiger partial charge in [-0.1, -0.05) is 67.0 Å². The smallest absolute Gasteiger partial charge is 0.245 e. The van der Waals surface area contributed by atoms with E-state index in [2.05, 4.69) is 17.6 Å². The van der Waals surface area contributed by atoms with Crippen molar-refractivity contribution >= 4 is 29.3 Å². The summed E-state index contributed by atoms with van der Waals surface area (Å²) in [6, 6.07) is 5.33. The molecule has 9 atom stereocenters. The van der Waals surface area contributed by atoms with Gasteiger partial charge in [0.2, 0.25) is 23.6 Å². The molecule has 0 spiro atoms. The van der Waals surface area contributed by atoms with Crippen LogP contribution in [-0.4, -0.2) is 129 Å². The number of benzene rings is 1. The number of hydrogen-bond acceptors (Lipinski definition) is 9. The number of hydrogen-bond donors (Lipinski definition) is 4. The van der Waals surface area contributed by atoms with Gasteiger partial charge in [-0.15, -0.1) is 0 Å². The fraction of sp³-hybridized carbons (Fsp3) is 0.750. The molecule has 1 heterocycles. The predicted octanol–water partition coefficient (Wildman–Crippen LogP) is 2.90. The first kappa shape index (κ1) is 45.9. The first-order chi connectivity index (χ1) is 24.9. The summed E-state index contributed by atoms with van der Waals surface area (Å²) in [6.07, 6.45) is 1.67. The largest absolute Gasteiger partial charge is 0.399 e. The molecule has 2 rings (SSSR count). The Hall–Kier alpha value is -3.26. The molecule has 0 aromatic heterocycles. The lowest BCUT2D eigenvalue weighted by atomic mass is 9.89. The number of likely N-dealkylation sites (N-methyl/N-ethyl adjacent to an activating group) is 2. The van der Waals surface area contributed by atoms with E-state index in [9.17, 15) is 19.2 Å². The van der Waals surface area contributed by atoms with Gasteiger partial charge in [0.1, 0.15) is 6.04 Å². The molecule has 1 aromatic carbocycles. The van der Waals surface area contributed by atoms with Crippen molar-refractivity contribution in [2.45, 2.75) is 123 Å². The SMILES string of the molecule is CC[C@H](C)[C@@H]([C@@H](CC(=O)N1CCC[C@H]1[C@H](OC)[C@@H](C)C(=O)N[C@H](CN)Cc1ccc(N)cc1)OC)N(C)C(=O)[C@@H](NC(=O)[C@H](C(C)C)N(C)C)C(C)C. The number of ether oxygens (including phenoxy) is 2. The minimum absolute atomic E-state index is 0.0102. The maximum absolute atomic E-state index is 14.2. The summed E-state index contributed by atoms with van der Waals surface area (Å²) in [5, 5.41) is 6.13. The average molecular weight is 746 g/mol. The summed E-state index contributed by atoms with van der Waals surface area (Å²) in [5.41, 5.74) is 13.6. The van der Waals surface area contributed by atoms with Crippen molar-refractivity contribution in [3.63, 3.8) is 0 Å². The zero-order chi connectivity index (χ0) is 40.2. The van der Waals surface area contributed by atoms with Crippen molar-refractivity contribution in [3.05, 3.63) is 29.8 Å². The third kappa shape index (κ3) is 12.4. The zero-order valence-electron chi connectivity index (χ0n) is 34.6. The summed E-state index contributed by atoms with van der Waals surface area (Å²) < 4.78 is 12.0. The van der Waals surface area contributed by atoms with Gasteiger partial charge >= 0.3 is 0 Å². The van der Waals surface area contributed by atoms with Gasteiger partial charge in [0.25, 0.3) is 0 Å². The first-order valence-corrected chi connectivity index (χ1v) is 19.4. The summed E-state index contributed by atoms with van der Waals surface area (Å²) in [4.78, 5) is 60.8. The van der Waals surface area contributed by atoms with Gasteiger partial charge in [-0.25, -0.2) is 0 Å². The molecule has 13 nitrogen and oxygen atoms in total. The molecule has 0 bridgehead atoms. The summed E-state index contributed by atoms with van der Waals surface area (Å²) in [7, 11) is 8.61. The van der Waals surface area contributed by atoms with Gasteiger partial charge in [-0.05, 0) is 68.8 Å². The molecule has 1 aromatic rings. The van der Waals surface area contributed by atoms with E-state index >= 15 is 0 Å². The highest BCUT2D eigenvalue weighted by Gasteiger charge is 2.43. The van der Waals surface area contributed by atoms with Gasteiger partial charge in [-0.3, -0.25) is 24.1 Å². The fourth-order valence-corrected chi connectivity index (χ4v) is 7.88. The number of nitrogens with two attached hydrogens (primary N) is 2. The third-order valence-electron chi connectivity index (χ3n) is 11.0. The van der Waals surface area contributed by atoms with E-state index in [0.717, 1.165) is 18.4 Å². The minimum Gasteiger partial charge on any atom is -0.399 e. The maximum atomic E-state index is 14.2. The van der Waals surface area contributed by atoms with Gasteiger partial charge < -0.3 is 41.4 Å². The van der Waals surface area contributed by atoms with Crippen LogP contribution < -0.4 is 22.1 Å². The number of likely N-dealkylation sites (tertiary alicyclic amines) is 1. The van der Waals surface area contributed by atoms with Crippen LogP contribution in [0.3, 0.4) is 0 Å². The van der Waals surface area contributed by atoms with Crippen LogP contribution in [0.2, 0.25) is 0 Å². The van der Waals surface area contributed by atoms with E-state index in [-0.39, 0.29) is 72.5 Å². The standard InChI is InChI=1S/C40H71N7O6/c1-13-26(6)36(46(10)40(51)34(24(2)3)44-39(50)35(25(4)5)45(8)9)32(52-11)22-33(48)47-20-14-15-31(47)37(53-12)27(7)38(49)43-30(23-41)21-28-16-18-29(42)19-17-28/h16-19,24-27,30-32,34-37H,13-15,20-23,41-42H2,1-12H3,(H,43,49)(H,44,50)/t26-,27+,30-,31-,32+,34-,35-,36-,37+/m0/s1. The highest BCUT2D eigenvalue weighted by molar-refractivity contribution is 5.90. The van der Waals surface area contributed by atoms with Crippen LogP contribution in [0.15, 0.2) is 24.3 Å². The van der Waals surface area contributed by atoms with Crippen LogP contribution in [0, 0.1) is 23.7 Å². The zero-order valence-corrected chi connectivity index (χ0v) is 34.6. The Morgan fingerprint density at radius 2 is 1.55 bits per heavy atom. The van der Waals surface area contributed by atoms with Gasteiger partial charge in [0.05, 0.1) is 42.7 Å². The lowest BCUT2D eigenvalue weighted by Crippen LogP contribution is -2.59.